The van der Waals surface area contributed by atoms with Crippen LogP contribution in [0.5, 0.6) is 0 Å². The number of hydrogen-bond donors (Lipinski definition) is 1. The highest BCUT2D eigenvalue weighted by Gasteiger charge is 2.10. The Balaban J connectivity index is 1.64. The van der Waals surface area contributed by atoms with E-state index < -0.39 is 0 Å². The van der Waals surface area contributed by atoms with E-state index in [2.05, 4.69) is 10.3 Å². The third-order valence-corrected chi connectivity index (χ3v) is 4.66. The van der Waals surface area contributed by atoms with Gasteiger partial charge in [-0.3, -0.25) is 9.78 Å². The van der Waals surface area contributed by atoms with Crippen molar-refractivity contribution in [3.63, 3.8) is 0 Å². The smallest absolute Gasteiger partial charge is 0.265 e. The van der Waals surface area contributed by atoms with Crippen molar-refractivity contribution in [2.75, 3.05) is 5.32 Å². The number of benzene rings is 2. The Bertz CT molecular complexity index is 957. The van der Waals surface area contributed by atoms with Crippen molar-refractivity contribution in [1.82, 2.24) is 4.98 Å². The molecule has 0 aliphatic rings. The lowest BCUT2D eigenvalue weighted by Gasteiger charge is -2.05. The normalized spacial score (nSPS) is 10.9. The Morgan fingerprint density at radius 3 is 2.77 bits per heavy atom. The van der Waals surface area contributed by atoms with Crippen molar-refractivity contribution < 1.29 is 4.79 Å². The lowest BCUT2D eigenvalue weighted by molar-refractivity contribution is 0.103. The first-order valence-electron chi connectivity index (χ1n) is 6.93. The minimum atomic E-state index is -0.0744. The van der Waals surface area contributed by atoms with E-state index in [1.807, 2.05) is 60.8 Å². The Kier molecular flexibility index (Phi) is 3.09. The highest BCUT2D eigenvalue weighted by Crippen LogP contribution is 2.26. The summed E-state index contributed by atoms with van der Waals surface area (Å²) < 4.78 is 1.12. The maximum atomic E-state index is 12.4. The van der Waals surface area contributed by atoms with Gasteiger partial charge in [-0.1, -0.05) is 24.3 Å². The van der Waals surface area contributed by atoms with Gasteiger partial charge in [0.2, 0.25) is 0 Å². The predicted octanol–water partition coefficient (Wildman–Crippen LogP) is 4.70. The number of nitrogens with zero attached hydrogens (tertiary/aromatic N) is 1. The number of thiophene rings is 1. The summed E-state index contributed by atoms with van der Waals surface area (Å²) in [5.41, 5.74) is 0.793. The van der Waals surface area contributed by atoms with Gasteiger partial charge in [0.25, 0.3) is 5.91 Å². The highest BCUT2D eigenvalue weighted by molar-refractivity contribution is 7.20. The first-order valence-corrected chi connectivity index (χ1v) is 7.75. The molecule has 4 rings (SSSR count). The molecule has 0 aliphatic carbocycles. The third kappa shape index (κ3) is 2.34. The molecule has 4 heteroatoms. The van der Waals surface area contributed by atoms with Crippen molar-refractivity contribution in [2.45, 2.75) is 0 Å². The van der Waals surface area contributed by atoms with E-state index in [1.165, 1.54) is 11.3 Å². The molecule has 1 N–H and O–H groups in total. The molecule has 0 saturated carbocycles. The number of aromatic nitrogens is 1. The molecule has 0 aliphatic heterocycles. The molecule has 2 heterocycles. The van der Waals surface area contributed by atoms with Gasteiger partial charge in [-0.15, -0.1) is 11.3 Å². The van der Waals surface area contributed by atoms with Gasteiger partial charge in [-0.05, 0) is 41.1 Å². The van der Waals surface area contributed by atoms with E-state index in [4.69, 9.17) is 0 Å². The highest BCUT2D eigenvalue weighted by atomic mass is 32.1. The summed E-state index contributed by atoms with van der Waals surface area (Å²) in [5.74, 6) is -0.0744. The quantitative estimate of drug-likeness (QED) is 0.583. The van der Waals surface area contributed by atoms with Crippen LogP contribution in [-0.2, 0) is 0 Å². The minimum Gasteiger partial charge on any atom is -0.321 e. The average molecular weight is 304 g/mol. The Hall–Kier alpha value is -2.72. The number of amides is 1. The van der Waals surface area contributed by atoms with Gasteiger partial charge in [0, 0.05) is 28.2 Å². The van der Waals surface area contributed by atoms with Crippen LogP contribution in [0.1, 0.15) is 9.67 Å². The molecular formula is C18H12N2OS. The Morgan fingerprint density at radius 1 is 0.955 bits per heavy atom. The van der Waals surface area contributed by atoms with Crippen LogP contribution >= 0.6 is 11.3 Å². The van der Waals surface area contributed by atoms with Crippen LogP contribution in [-0.4, -0.2) is 10.9 Å². The number of hydrogen-bond acceptors (Lipinski definition) is 3. The first kappa shape index (κ1) is 13.0. The van der Waals surface area contributed by atoms with E-state index in [0.717, 1.165) is 31.4 Å². The summed E-state index contributed by atoms with van der Waals surface area (Å²) in [6, 6.07) is 17.7. The van der Waals surface area contributed by atoms with E-state index in [0.29, 0.717) is 0 Å². The first-order chi connectivity index (χ1) is 10.8. The van der Waals surface area contributed by atoms with Crippen LogP contribution < -0.4 is 5.32 Å². The van der Waals surface area contributed by atoms with Crippen LogP contribution in [0, 0.1) is 0 Å². The molecule has 2 aromatic carbocycles. The molecule has 0 bridgehead atoms. The summed E-state index contributed by atoms with van der Waals surface area (Å²) in [7, 11) is 0. The number of fused-ring (bicyclic) bond motifs is 2. The second kappa shape index (κ2) is 5.24. The van der Waals surface area contributed by atoms with Crippen LogP contribution in [0.3, 0.4) is 0 Å². The maximum absolute atomic E-state index is 12.4. The molecule has 4 aromatic rings. The summed E-state index contributed by atoms with van der Waals surface area (Å²) in [4.78, 5) is 17.2. The fraction of sp³-hybridized carbons (Fsp3) is 0. The molecular weight excluding hydrogens is 292 g/mol. The molecule has 22 heavy (non-hydrogen) atoms. The number of anilines is 1. The minimum absolute atomic E-state index is 0.0744. The van der Waals surface area contributed by atoms with Gasteiger partial charge in [0.15, 0.2) is 0 Å². The van der Waals surface area contributed by atoms with Crippen LogP contribution in [0.15, 0.2) is 67.0 Å². The Morgan fingerprint density at radius 2 is 1.86 bits per heavy atom. The molecule has 2 aromatic heterocycles. The molecule has 1 amide bonds. The van der Waals surface area contributed by atoms with Crippen molar-refractivity contribution in [3.8, 4) is 0 Å². The van der Waals surface area contributed by atoms with Crippen LogP contribution in [0.2, 0.25) is 0 Å². The summed E-state index contributed by atoms with van der Waals surface area (Å²) >= 11 is 1.51. The molecule has 0 spiro atoms. The average Bonchev–Trinajstić information content (AvgIpc) is 2.99. The van der Waals surface area contributed by atoms with Crippen molar-refractivity contribution in [3.05, 3.63) is 71.9 Å². The maximum Gasteiger partial charge on any atom is 0.265 e. The van der Waals surface area contributed by atoms with Gasteiger partial charge in [-0.25, -0.2) is 0 Å². The number of carbonyl (C=O) groups excluding carboxylic acids is 1. The van der Waals surface area contributed by atoms with Crippen molar-refractivity contribution in [2.24, 2.45) is 0 Å². The molecule has 0 saturated heterocycles. The van der Waals surface area contributed by atoms with E-state index in [9.17, 15) is 4.79 Å². The molecule has 106 valence electrons. The van der Waals surface area contributed by atoms with Gasteiger partial charge >= 0.3 is 0 Å². The fourth-order valence-electron chi connectivity index (χ4n) is 2.45. The zero-order chi connectivity index (χ0) is 14.9. The zero-order valence-corrected chi connectivity index (χ0v) is 12.4. The summed E-state index contributed by atoms with van der Waals surface area (Å²) in [5, 5.41) is 6.18. The van der Waals surface area contributed by atoms with Crippen molar-refractivity contribution >= 4 is 43.8 Å². The molecule has 0 atom stereocenters. The zero-order valence-electron chi connectivity index (χ0n) is 11.6. The second-order valence-corrected chi connectivity index (χ2v) is 6.12. The van der Waals surface area contributed by atoms with Gasteiger partial charge < -0.3 is 5.32 Å². The SMILES string of the molecule is O=C(Nc1ccc2cnccc2c1)c1cc2ccccc2s1. The van der Waals surface area contributed by atoms with Gasteiger partial charge in [-0.2, -0.15) is 0 Å². The summed E-state index contributed by atoms with van der Waals surface area (Å²) in [6.45, 7) is 0. The molecule has 3 nitrogen and oxygen atoms in total. The fourth-order valence-corrected chi connectivity index (χ4v) is 3.41. The predicted molar refractivity (Wildman–Crippen MR) is 91.5 cm³/mol. The monoisotopic (exact) mass is 304 g/mol. The lowest BCUT2D eigenvalue weighted by atomic mass is 10.1. The summed E-state index contributed by atoms with van der Waals surface area (Å²) in [6.07, 6.45) is 3.56. The van der Waals surface area contributed by atoms with Crippen LogP contribution in [0.4, 0.5) is 5.69 Å². The second-order valence-electron chi connectivity index (χ2n) is 5.04. The largest absolute Gasteiger partial charge is 0.321 e. The van der Waals surface area contributed by atoms with E-state index in [-0.39, 0.29) is 5.91 Å². The van der Waals surface area contributed by atoms with Gasteiger partial charge in [0.1, 0.15) is 0 Å². The van der Waals surface area contributed by atoms with Crippen LogP contribution in [0.25, 0.3) is 20.9 Å². The van der Waals surface area contributed by atoms with E-state index >= 15 is 0 Å². The molecule has 0 radical (unpaired) electrons. The number of pyridine rings is 1. The van der Waals surface area contributed by atoms with E-state index in [1.54, 1.807) is 6.20 Å². The number of carbonyl (C=O) groups is 1. The van der Waals surface area contributed by atoms with Crippen molar-refractivity contribution in [1.29, 1.82) is 0 Å². The molecule has 0 fully saturated rings. The van der Waals surface area contributed by atoms with Gasteiger partial charge in [0.05, 0.1) is 4.88 Å². The number of rotatable bonds is 2. The Labute approximate surface area is 131 Å². The standard InChI is InChI=1S/C18H12N2OS/c21-18(17-10-13-3-1-2-4-16(13)22-17)20-15-6-5-14-11-19-8-7-12(14)9-15/h1-11H,(H,20,21). The molecule has 0 unspecified atom stereocenters. The topological polar surface area (TPSA) is 42.0 Å². The third-order valence-electron chi connectivity index (χ3n) is 3.55. The number of nitrogens with one attached hydrogen (secondary N) is 1. The lowest BCUT2D eigenvalue weighted by Crippen LogP contribution is -2.09.